The number of carboxylic acids is 1. The Morgan fingerprint density at radius 2 is 1.70 bits per heavy atom. The molecule has 47 heavy (non-hydrogen) atoms. The molecule has 0 saturated carbocycles. The van der Waals surface area contributed by atoms with Crippen molar-refractivity contribution in [2.75, 3.05) is 37.7 Å². The summed E-state index contributed by atoms with van der Waals surface area (Å²) in [6, 6.07) is 18.6. The van der Waals surface area contributed by atoms with Gasteiger partial charge in [-0.3, -0.25) is 9.69 Å². The number of benzene rings is 3. The maximum Gasteiger partial charge on any atom is 0.416 e. The summed E-state index contributed by atoms with van der Waals surface area (Å²) in [5, 5.41) is 9.71. The number of carbonyl (C=O) groups is 2. The number of thiazole rings is 1. The van der Waals surface area contributed by atoms with Crippen LogP contribution in [0.25, 0.3) is 10.6 Å². The van der Waals surface area contributed by atoms with E-state index < -0.39 is 24.3 Å². The van der Waals surface area contributed by atoms with E-state index in [0.717, 1.165) is 77.9 Å². The summed E-state index contributed by atoms with van der Waals surface area (Å²) in [5.74, 6) is 0.196. The lowest BCUT2D eigenvalue weighted by Gasteiger charge is -2.36. The monoisotopic (exact) mass is 683 g/mol. The Balaban J connectivity index is 1.32. The molecule has 1 N–H and O–H groups in total. The van der Waals surface area contributed by atoms with Crippen LogP contribution < -0.4 is 9.64 Å². The molecule has 0 aliphatic carbocycles. The first kappa shape index (κ1) is 34.5. The number of aryl methyl sites for hydroxylation is 1. The molecule has 5 rings (SSSR count). The molecule has 0 spiro atoms. The minimum absolute atomic E-state index is 0.0393. The van der Waals surface area contributed by atoms with Crippen LogP contribution in [0.2, 0.25) is 0 Å². The van der Waals surface area contributed by atoms with Gasteiger partial charge in [0.15, 0.2) is 12.4 Å². The van der Waals surface area contributed by atoms with E-state index in [1.54, 1.807) is 18.7 Å². The number of rotatable bonds is 13. The molecular formula is C35H36F3N3O4S2. The molecule has 12 heteroatoms. The second-order valence-electron chi connectivity index (χ2n) is 11.3. The topological polar surface area (TPSA) is 83.0 Å². The maximum absolute atomic E-state index is 13.2. The Bertz CT molecular complexity index is 1680. The predicted octanol–water partition coefficient (Wildman–Crippen LogP) is 8.06. The fourth-order valence-electron chi connectivity index (χ4n) is 5.37. The molecule has 0 unspecified atom stereocenters. The molecule has 0 bridgehead atoms. The van der Waals surface area contributed by atoms with Crippen LogP contribution in [0.4, 0.5) is 18.9 Å². The van der Waals surface area contributed by atoms with Crippen molar-refractivity contribution < 1.29 is 32.6 Å². The zero-order chi connectivity index (χ0) is 33.6. The third-order valence-corrected chi connectivity index (χ3v) is 10.2. The summed E-state index contributed by atoms with van der Waals surface area (Å²) in [7, 11) is 0. The summed E-state index contributed by atoms with van der Waals surface area (Å²) < 4.78 is 45.1. The number of hydrogen-bond acceptors (Lipinski definition) is 8. The second kappa shape index (κ2) is 15.4. The van der Waals surface area contributed by atoms with Crippen LogP contribution in [0.3, 0.4) is 0 Å². The first-order valence-electron chi connectivity index (χ1n) is 15.3. The van der Waals surface area contributed by atoms with Crippen molar-refractivity contribution in [3.8, 4) is 16.3 Å². The van der Waals surface area contributed by atoms with Crippen LogP contribution in [0.1, 0.15) is 52.3 Å². The van der Waals surface area contributed by atoms with E-state index in [4.69, 9.17) is 14.8 Å². The Hall–Kier alpha value is -3.87. The van der Waals surface area contributed by atoms with E-state index in [9.17, 15) is 22.8 Å². The van der Waals surface area contributed by atoms with Crippen LogP contribution in [-0.4, -0.2) is 59.5 Å². The third-order valence-electron chi connectivity index (χ3n) is 7.89. The minimum Gasteiger partial charge on any atom is -0.482 e. The van der Waals surface area contributed by atoms with Crippen molar-refractivity contribution in [1.82, 2.24) is 9.88 Å². The Labute approximate surface area is 280 Å². The van der Waals surface area contributed by atoms with Crippen LogP contribution in [0, 0.1) is 0 Å². The van der Waals surface area contributed by atoms with Gasteiger partial charge in [0.25, 0.3) is 0 Å². The van der Waals surface area contributed by atoms with Crippen LogP contribution in [0.15, 0.2) is 71.6 Å². The van der Waals surface area contributed by atoms with Gasteiger partial charge in [-0.2, -0.15) is 13.2 Å². The number of hydrogen-bond donors (Lipinski definition) is 1. The molecule has 1 aliphatic rings. The fraction of sp³-hybridized carbons (Fsp3) is 0.343. The Morgan fingerprint density at radius 1 is 1.00 bits per heavy atom. The minimum atomic E-state index is -4.41. The van der Waals surface area contributed by atoms with Gasteiger partial charge in [0, 0.05) is 65.1 Å². The van der Waals surface area contributed by atoms with Gasteiger partial charge in [-0.05, 0) is 73.5 Å². The highest BCUT2D eigenvalue weighted by Crippen LogP contribution is 2.37. The van der Waals surface area contributed by atoms with Crippen molar-refractivity contribution in [2.24, 2.45) is 0 Å². The van der Waals surface area contributed by atoms with E-state index in [0.29, 0.717) is 34.2 Å². The van der Waals surface area contributed by atoms with E-state index in [1.807, 2.05) is 42.5 Å². The summed E-state index contributed by atoms with van der Waals surface area (Å²) in [6.45, 7) is 7.08. The third kappa shape index (κ3) is 9.15. The molecule has 0 radical (unpaired) electrons. The van der Waals surface area contributed by atoms with E-state index in [-0.39, 0.29) is 5.78 Å². The zero-order valence-corrected chi connectivity index (χ0v) is 27.8. The number of aromatic nitrogens is 1. The number of halogens is 3. The van der Waals surface area contributed by atoms with Gasteiger partial charge in [0.05, 0.1) is 11.3 Å². The molecule has 3 aromatic carbocycles. The lowest BCUT2D eigenvalue weighted by atomic mass is 10.1. The smallest absolute Gasteiger partial charge is 0.416 e. The Kier molecular flexibility index (Phi) is 11.3. The van der Waals surface area contributed by atoms with E-state index in [2.05, 4.69) is 16.7 Å². The zero-order valence-electron chi connectivity index (χ0n) is 26.2. The highest BCUT2D eigenvalue weighted by molar-refractivity contribution is 7.98. The summed E-state index contributed by atoms with van der Waals surface area (Å²) in [5.41, 5.74) is 3.57. The van der Waals surface area contributed by atoms with Gasteiger partial charge < -0.3 is 14.7 Å². The summed E-state index contributed by atoms with van der Waals surface area (Å²) in [6.07, 6.45) is -2.78. The largest absolute Gasteiger partial charge is 0.482 e. The number of alkyl halides is 3. The number of ketones is 1. The molecule has 1 saturated heterocycles. The molecule has 7 nitrogen and oxygen atoms in total. The predicted molar refractivity (Wildman–Crippen MR) is 180 cm³/mol. The van der Waals surface area contributed by atoms with Gasteiger partial charge in [-0.1, -0.05) is 25.5 Å². The standard InChI is InChI=1S/C35H36F3N3O4S2/c1-3-4-26-19-29(13-14-31(26)45-21-33(43)44)46-22-32-30(39-34(47-32)25-5-9-27(10-6-25)35(36,37)38)20-40-15-17-41(18-16-40)28-11-7-24(8-12-28)23(2)42/h5-14,19H,3-4,15-18,20-22H2,1-2H3,(H,43,44). The molecule has 2 heterocycles. The molecule has 1 fully saturated rings. The van der Waals surface area contributed by atoms with Crippen LogP contribution in [-0.2, 0) is 29.7 Å². The van der Waals surface area contributed by atoms with Crippen molar-refractivity contribution in [2.45, 2.75) is 50.1 Å². The normalized spacial score (nSPS) is 13.9. The SMILES string of the molecule is CCCc1cc(SCc2sc(-c3ccc(C(F)(F)F)cc3)nc2CN2CCN(c3ccc(C(C)=O)cc3)CC2)ccc1OCC(=O)O. The van der Waals surface area contributed by atoms with Crippen molar-refractivity contribution in [3.05, 3.63) is 94.0 Å². The van der Waals surface area contributed by atoms with Crippen LogP contribution in [0.5, 0.6) is 5.75 Å². The molecule has 1 aromatic heterocycles. The highest BCUT2D eigenvalue weighted by Gasteiger charge is 2.30. The molecule has 248 valence electrons. The van der Waals surface area contributed by atoms with Crippen molar-refractivity contribution in [3.63, 3.8) is 0 Å². The Morgan fingerprint density at radius 3 is 2.32 bits per heavy atom. The summed E-state index contributed by atoms with van der Waals surface area (Å²) in [4.78, 5) is 34.3. The number of anilines is 1. The lowest BCUT2D eigenvalue weighted by Crippen LogP contribution is -2.46. The average Bonchev–Trinajstić information content (AvgIpc) is 3.45. The molecule has 1 aliphatic heterocycles. The second-order valence-corrected chi connectivity index (χ2v) is 13.5. The quantitative estimate of drug-likeness (QED) is 0.112. The van der Waals surface area contributed by atoms with Gasteiger partial charge in [0.1, 0.15) is 10.8 Å². The number of piperazine rings is 1. The summed E-state index contributed by atoms with van der Waals surface area (Å²) >= 11 is 3.13. The first-order valence-corrected chi connectivity index (χ1v) is 17.1. The number of nitrogens with zero attached hydrogens (tertiary/aromatic N) is 3. The number of ether oxygens (including phenoxy) is 1. The number of Topliss-reactive ketones (excluding diaryl/α,β-unsaturated/α-hetero) is 1. The molecule has 0 amide bonds. The van der Waals surface area contributed by atoms with Crippen molar-refractivity contribution >= 4 is 40.5 Å². The van der Waals surface area contributed by atoms with Crippen molar-refractivity contribution in [1.29, 1.82) is 0 Å². The van der Waals surface area contributed by atoms with Gasteiger partial charge >= 0.3 is 12.1 Å². The fourth-order valence-corrected chi connectivity index (χ4v) is 7.51. The number of thioether (sulfide) groups is 1. The van der Waals surface area contributed by atoms with Gasteiger partial charge in [0.2, 0.25) is 0 Å². The lowest BCUT2D eigenvalue weighted by molar-refractivity contribution is -0.139. The van der Waals surface area contributed by atoms with Crippen LogP contribution >= 0.6 is 23.1 Å². The first-order chi connectivity index (χ1) is 22.5. The molecule has 4 aromatic rings. The number of aliphatic carboxylic acids is 1. The molecule has 0 atom stereocenters. The number of carboxylic acid groups (broad SMARTS) is 1. The maximum atomic E-state index is 13.2. The molecular weight excluding hydrogens is 648 g/mol. The van der Waals surface area contributed by atoms with E-state index in [1.165, 1.54) is 23.5 Å². The average molecular weight is 684 g/mol. The van der Waals surface area contributed by atoms with Gasteiger partial charge in [-0.25, -0.2) is 9.78 Å². The number of carbonyl (C=O) groups excluding carboxylic acids is 1. The van der Waals surface area contributed by atoms with Gasteiger partial charge in [-0.15, -0.1) is 23.1 Å². The highest BCUT2D eigenvalue weighted by atomic mass is 32.2. The van der Waals surface area contributed by atoms with E-state index >= 15 is 0 Å².